The maximum atomic E-state index is 10.5. The lowest BCUT2D eigenvalue weighted by atomic mass is 10.2. The first-order chi connectivity index (χ1) is 4.70. The molecular weight excluding hydrogens is 134 g/mol. The highest BCUT2D eigenvalue weighted by Gasteiger charge is 2.10. The maximum Gasteiger partial charge on any atom is 0.337 e. The molecule has 0 atom stereocenters. The highest BCUT2D eigenvalue weighted by atomic mass is 16.4. The van der Waals surface area contributed by atoms with Gasteiger partial charge in [-0.25, -0.2) is 4.79 Å². The Morgan fingerprint density at radius 2 is 2.40 bits per heavy atom. The summed E-state index contributed by atoms with van der Waals surface area (Å²) in [6.45, 7) is 0.0662. The molecule has 1 aliphatic rings. The number of carbonyl (C=O) groups is 2. The number of aliphatic imine (C=N–C) groups is 1. The molecule has 0 fully saturated rings. The third-order valence-corrected chi connectivity index (χ3v) is 1.04. The van der Waals surface area contributed by atoms with Crippen LogP contribution < -0.4 is 0 Å². The minimum absolute atomic E-state index is 0.0451. The van der Waals surface area contributed by atoms with Crippen LogP contribution >= 0.6 is 0 Å². The number of nitrogens with zero attached hydrogens (tertiary/aromatic N) is 1. The quantitative estimate of drug-likeness (QED) is 0.540. The lowest BCUT2D eigenvalue weighted by Crippen LogP contribution is -2.12. The van der Waals surface area contributed by atoms with Gasteiger partial charge in [0.25, 0.3) is 0 Å². The Kier molecular flexibility index (Phi) is 1.62. The minimum atomic E-state index is -1.11. The van der Waals surface area contributed by atoms with Gasteiger partial charge in [-0.1, -0.05) is 0 Å². The minimum Gasteiger partial charge on any atom is -0.478 e. The van der Waals surface area contributed by atoms with Gasteiger partial charge in [0.1, 0.15) is 6.54 Å². The lowest BCUT2D eigenvalue weighted by molar-refractivity contribution is -0.132. The predicted octanol–water partition coefficient (Wildman–Crippen LogP) is -0.349. The normalized spacial score (nSPS) is 16.8. The van der Waals surface area contributed by atoms with Gasteiger partial charge in [0.2, 0.25) is 0 Å². The van der Waals surface area contributed by atoms with Crippen molar-refractivity contribution in [1.29, 1.82) is 0 Å². The van der Waals surface area contributed by atoms with Gasteiger partial charge in [0.15, 0.2) is 5.78 Å². The van der Waals surface area contributed by atoms with Crippen LogP contribution in [-0.2, 0) is 9.59 Å². The van der Waals surface area contributed by atoms with Crippen LogP contribution in [0.25, 0.3) is 0 Å². The zero-order valence-electron chi connectivity index (χ0n) is 5.07. The molecule has 10 heavy (non-hydrogen) atoms. The molecule has 1 N–H and O–H groups in total. The molecule has 0 aromatic rings. The first-order valence-corrected chi connectivity index (χ1v) is 2.68. The van der Waals surface area contributed by atoms with Crippen LogP contribution in [0.4, 0.5) is 0 Å². The van der Waals surface area contributed by atoms with Gasteiger partial charge >= 0.3 is 5.97 Å². The van der Waals surface area contributed by atoms with Gasteiger partial charge in [-0.2, -0.15) is 0 Å². The molecule has 0 saturated heterocycles. The molecule has 0 radical (unpaired) electrons. The second kappa shape index (κ2) is 2.43. The van der Waals surface area contributed by atoms with Crippen LogP contribution in [0, 0.1) is 0 Å². The number of dihydropyridines is 1. The fraction of sp³-hybridized carbons (Fsp3) is 0.167. The van der Waals surface area contributed by atoms with Crippen molar-refractivity contribution in [1.82, 2.24) is 0 Å². The van der Waals surface area contributed by atoms with E-state index in [0.717, 1.165) is 6.08 Å². The third-order valence-electron chi connectivity index (χ3n) is 1.04. The Balaban J connectivity index is 2.86. The maximum absolute atomic E-state index is 10.5. The summed E-state index contributed by atoms with van der Waals surface area (Å²) in [6.07, 6.45) is 2.26. The van der Waals surface area contributed by atoms with Gasteiger partial charge in [-0.3, -0.25) is 9.79 Å². The Hall–Kier alpha value is -1.45. The van der Waals surface area contributed by atoms with E-state index in [2.05, 4.69) is 4.99 Å². The summed E-state index contributed by atoms with van der Waals surface area (Å²) >= 11 is 0. The molecule has 4 nitrogen and oxygen atoms in total. The second-order valence-electron chi connectivity index (χ2n) is 1.84. The molecule has 0 amide bonds. The number of rotatable bonds is 1. The average molecular weight is 139 g/mol. The first-order valence-electron chi connectivity index (χ1n) is 2.68. The van der Waals surface area contributed by atoms with E-state index in [1.807, 2.05) is 0 Å². The molecule has 0 aliphatic carbocycles. The number of hydrogen-bond acceptors (Lipinski definition) is 3. The van der Waals surface area contributed by atoms with Crippen LogP contribution in [0.2, 0.25) is 0 Å². The van der Waals surface area contributed by atoms with E-state index >= 15 is 0 Å². The van der Waals surface area contributed by atoms with Crippen molar-refractivity contribution in [3.05, 3.63) is 11.6 Å². The number of hydrogen-bond donors (Lipinski definition) is 1. The summed E-state index contributed by atoms with van der Waals surface area (Å²) < 4.78 is 0. The molecular formula is C6H5NO3. The van der Waals surface area contributed by atoms with Gasteiger partial charge in [-0.15, -0.1) is 0 Å². The van der Waals surface area contributed by atoms with Crippen molar-refractivity contribution in [2.75, 3.05) is 6.54 Å². The molecule has 1 rings (SSSR count). The highest BCUT2D eigenvalue weighted by molar-refractivity contribution is 6.15. The van der Waals surface area contributed by atoms with Gasteiger partial charge in [0.05, 0.1) is 5.57 Å². The Morgan fingerprint density at radius 3 is 2.80 bits per heavy atom. The summed E-state index contributed by atoms with van der Waals surface area (Å²) in [4.78, 5) is 24.2. The summed E-state index contributed by atoms with van der Waals surface area (Å²) in [5, 5.41) is 8.34. The van der Waals surface area contributed by atoms with Crippen molar-refractivity contribution in [3.8, 4) is 0 Å². The molecule has 0 saturated carbocycles. The van der Waals surface area contributed by atoms with E-state index in [-0.39, 0.29) is 17.9 Å². The molecule has 0 aromatic carbocycles. The molecule has 0 aromatic heterocycles. The predicted molar refractivity (Wildman–Crippen MR) is 34.1 cm³/mol. The second-order valence-corrected chi connectivity index (χ2v) is 1.84. The smallest absolute Gasteiger partial charge is 0.337 e. The topological polar surface area (TPSA) is 66.7 Å². The van der Waals surface area contributed by atoms with Crippen LogP contribution in [-0.4, -0.2) is 29.6 Å². The SMILES string of the molecule is O=C1C=C(C(=O)O)C=NC1. The number of carbonyl (C=O) groups excluding carboxylic acids is 1. The number of carboxylic acid groups (broad SMARTS) is 1. The van der Waals surface area contributed by atoms with E-state index < -0.39 is 5.97 Å². The molecule has 1 heterocycles. The number of carboxylic acids is 1. The summed E-state index contributed by atoms with van der Waals surface area (Å²) in [5.74, 6) is -1.38. The van der Waals surface area contributed by atoms with Crippen molar-refractivity contribution in [2.45, 2.75) is 0 Å². The Labute approximate surface area is 56.9 Å². The largest absolute Gasteiger partial charge is 0.478 e. The van der Waals surface area contributed by atoms with E-state index in [1.165, 1.54) is 6.21 Å². The number of ketones is 1. The fourth-order valence-corrected chi connectivity index (χ4v) is 0.607. The van der Waals surface area contributed by atoms with Crippen molar-refractivity contribution in [2.24, 2.45) is 4.99 Å². The van der Waals surface area contributed by atoms with Crippen molar-refractivity contribution in [3.63, 3.8) is 0 Å². The molecule has 0 bridgehead atoms. The van der Waals surface area contributed by atoms with E-state index in [4.69, 9.17) is 5.11 Å². The zero-order chi connectivity index (χ0) is 7.56. The van der Waals surface area contributed by atoms with E-state index in [9.17, 15) is 9.59 Å². The molecule has 0 spiro atoms. The molecule has 52 valence electrons. The van der Waals surface area contributed by atoms with Gasteiger partial charge in [-0.05, 0) is 6.08 Å². The van der Waals surface area contributed by atoms with E-state index in [0.29, 0.717) is 0 Å². The summed E-state index contributed by atoms with van der Waals surface area (Å²) in [6, 6.07) is 0. The average Bonchev–Trinajstić information content (AvgIpc) is 1.88. The number of aliphatic carboxylic acids is 1. The molecule has 4 heteroatoms. The Bertz CT molecular complexity index is 237. The summed E-state index contributed by atoms with van der Waals surface area (Å²) in [7, 11) is 0. The zero-order valence-corrected chi connectivity index (χ0v) is 5.07. The van der Waals surface area contributed by atoms with Crippen LogP contribution in [0.3, 0.4) is 0 Å². The highest BCUT2D eigenvalue weighted by Crippen LogP contribution is 1.97. The standard InChI is InChI=1S/C6H5NO3/c8-5-1-4(6(9)10)2-7-3-5/h1-2H,3H2,(H,9,10). The van der Waals surface area contributed by atoms with Gasteiger partial charge < -0.3 is 5.11 Å². The van der Waals surface area contributed by atoms with Crippen molar-refractivity contribution < 1.29 is 14.7 Å². The van der Waals surface area contributed by atoms with Crippen LogP contribution in [0.1, 0.15) is 0 Å². The monoisotopic (exact) mass is 139 g/mol. The molecule has 0 unspecified atom stereocenters. The lowest BCUT2D eigenvalue weighted by Gasteiger charge is -1.98. The Morgan fingerprint density at radius 1 is 1.70 bits per heavy atom. The van der Waals surface area contributed by atoms with Gasteiger partial charge in [0, 0.05) is 6.21 Å². The third kappa shape index (κ3) is 1.28. The first kappa shape index (κ1) is 6.67. The fourth-order valence-electron chi connectivity index (χ4n) is 0.607. The van der Waals surface area contributed by atoms with E-state index in [1.54, 1.807) is 0 Å². The van der Waals surface area contributed by atoms with Crippen LogP contribution in [0.5, 0.6) is 0 Å². The molecule has 1 aliphatic heterocycles. The van der Waals surface area contributed by atoms with Crippen molar-refractivity contribution >= 4 is 18.0 Å². The van der Waals surface area contributed by atoms with Crippen LogP contribution in [0.15, 0.2) is 16.6 Å². The summed E-state index contributed by atoms with van der Waals surface area (Å²) in [5.41, 5.74) is -0.0451.